The Morgan fingerprint density at radius 2 is 1.68 bits per heavy atom. The number of hydrogen-bond donors (Lipinski definition) is 3. The van der Waals surface area contributed by atoms with Crippen molar-refractivity contribution in [2.24, 2.45) is 0 Å². The van der Waals surface area contributed by atoms with Crippen molar-refractivity contribution >= 4 is 27.6 Å². The van der Waals surface area contributed by atoms with Crippen LogP contribution in [-0.4, -0.2) is 32.5 Å². The highest BCUT2D eigenvalue weighted by Gasteiger charge is 2.19. The summed E-state index contributed by atoms with van der Waals surface area (Å²) in [4.78, 5) is 24.2. The smallest absolute Gasteiger partial charge is 0.341 e. The van der Waals surface area contributed by atoms with Crippen LogP contribution in [0.4, 0.5) is 5.69 Å². The Morgan fingerprint density at radius 3 is 2.39 bits per heavy atom. The number of carbonyl (C=O) groups excluding carboxylic acids is 2. The molecule has 0 heterocycles. The molecule has 0 spiro atoms. The SMILES string of the molecule is COC(=O)c1cccc(NC(=O)c2cccc(S(=O)(=O)NCc3ccccc3)c2)c1O. The number of ether oxygens (including phenoxy) is 1. The van der Waals surface area contributed by atoms with E-state index in [1.807, 2.05) is 6.07 Å². The van der Waals surface area contributed by atoms with Crippen LogP contribution in [-0.2, 0) is 21.3 Å². The summed E-state index contributed by atoms with van der Waals surface area (Å²) in [5, 5.41) is 12.7. The van der Waals surface area contributed by atoms with E-state index in [2.05, 4.69) is 14.8 Å². The molecule has 0 radical (unpaired) electrons. The Balaban J connectivity index is 1.78. The minimum absolute atomic E-state index is 0.0108. The van der Waals surface area contributed by atoms with Gasteiger partial charge in [-0.2, -0.15) is 0 Å². The molecule has 0 saturated heterocycles. The van der Waals surface area contributed by atoms with Gasteiger partial charge in [-0.3, -0.25) is 4.79 Å². The van der Waals surface area contributed by atoms with Gasteiger partial charge in [-0.05, 0) is 35.9 Å². The summed E-state index contributed by atoms with van der Waals surface area (Å²) >= 11 is 0. The second kappa shape index (κ2) is 9.41. The predicted octanol–water partition coefficient (Wildman–Crippen LogP) is 2.91. The van der Waals surface area contributed by atoms with Crippen molar-refractivity contribution in [3.8, 4) is 5.75 Å². The summed E-state index contributed by atoms with van der Waals surface area (Å²) in [5.41, 5.74) is 0.733. The van der Waals surface area contributed by atoms with Crippen molar-refractivity contribution < 1.29 is 27.9 Å². The molecule has 3 aromatic rings. The second-order valence-electron chi connectivity index (χ2n) is 6.49. The molecule has 8 nitrogen and oxygen atoms in total. The van der Waals surface area contributed by atoms with Gasteiger partial charge in [0.15, 0.2) is 5.75 Å². The zero-order chi connectivity index (χ0) is 22.4. The molecule has 0 bridgehead atoms. The molecule has 3 aromatic carbocycles. The van der Waals surface area contributed by atoms with Crippen LogP contribution in [0.15, 0.2) is 77.7 Å². The Hall–Kier alpha value is -3.69. The summed E-state index contributed by atoms with van der Waals surface area (Å²) in [6.45, 7) is 0.105. The number of nitrogens with one attached hydrogen (secondary N) is 2. The maximum atomic E-state index is 12.6. The zero-order valence-electron chi connectivity index (χ0n) is 16.5. The number of phenolic OH excluding ortho intramolecular Hbond substituents is 1. The third kappa shape index (κ3) is 5.27. The van der Waals surface area contributed by atoms with E-state index in [1.54, 1.807) is 24.3 Å². The number of rotatable bonds is 7. The van der Waals surface area contributed by atoms with Crippen LogP contribution in [0.3, 0.4) is 0 Å². The number of para-hydroxylation sites is 1. The summed E-state index contributed by atoms with van der Waals surface area (Å²) < 4.78 is 32.3. The summed E-state index contributed by atoms with van der Waals surface area (Å²) in [6, 6.07) is 18.7. The van der Waals surface area contributed by atoms with Crippen molar-refractivity contribution in [2.75, 3.05) is 12.4 Å². The number of sulfonamides is 1. The Kier molecular flexibility index (Phi) is 6.68. The molecular weight excluding hydrogens is 420 g/mol. The van der Waals surface area contributed by atoms with E-state index in [1.165, 1.54) is 49.6 Å². The van der Waals surface area contributed by atoms with E-state index >= 15 is 0 Å². The van der Waals surface area contributed by atoms with Crippen LogP contribution in [0.25, 0.3) is 0 Å². The van der Waals surface area contributed by atoms with Crippen molar-refractivity contribution in [2.45, 2.75) is 11.4 Å². The molecule has 3 N–H and O–H groups in total. The van der Waals surface area contributed by atoms with Gasteiger partial charge in [-0.15, -0.1) is 0 Å². The van der Waals surface area contributed by atoms with Crippen LogP contribution in [0.1, 0.15) is 26.3 Å². The van der Waals surface area contributed by atoms with Crippen molar-refractivity contribution in [1.82, 2.24) is 4.72 Å². The van der Waals surface area contributed by atoms with E-state index in [0.29, 0.717) is 0 Å². The predicted molar refractivity (Wildman–Crippen MR) is 114 cm³/mol. The summed E-state index contributed by atoms with van der Waals surface area (Å²) in [5.74, 6) is -1.86. The fourth-order valence-corrected chi connectivity index (χ4v) is 3.84. The number of esters is 1. The number of anilines is 1. The van der Waals surface area contributed by atoms with E-state index in [0.717, 1.165) is 5.56 Å². The number of aromatic hydroxyl groups is 1. The van der Waals surface area contributed by atoms with Crippen LogP contribution < -0.4 is 10.0 Å². The first-order valence-corrected chi connectivity index (χ1v) is 10.7. The average molecular weight is 440 g/mol. The quantitative estimate of drug-likeness (QED) is 0.384. The number of hydrogen-bond acceptors (Lipinski definition) is 6. The molecule has 0 atom stereocenters. The third-order valence-electron chi connectivity index (χ3n) is 4.41. The molecule has 0 unspecified atom stereocenters. The van der Waals surface area contributed by atoms with Gasteiger partial charge in [-0.25, -0.2) is 17.9 Å². The third-order valence-corrected chi connectivity index (χ3v) is 5.80. The maximum absolute atomic E-state index is 12.6. The molecule has 160 valence electrons. The molecule has 0 aliphatic carbocycles. The minimum atomic E-state index is -3.86. The van der Waals surface area contributed by atoms with Gasteiger partial charge >= 0.3 is 5.97 Å². The first-order valence-electron chi connectivity index (χ1n) is 9.17. The highest BCUT2D eigenvalue weighted by atomic mass is 32.2. The highest BCUT2D eigenvalue weighted by molar-refractivity contribution is 7.89. The molecular formula is C22H20N2O6S. The molecule has 0 aliphatic rings. The lowest BCUT2D eigenvalue weighted by atomic mass is 10.1. The van der Waals surface area contributed by atoms with Gasteiger partial charge in [0.25, 0.3) is 5.91 Å². The van der Waals surface area contributed by atoms with E-state index in [4.69, 9.17) is 0 Å². The Morgan fingerprint density at radius 1 is 0.968 bits per heavy atom. The van der Waals surface area contributed by atoms with E-state index < -0.39 is 27.6 Å². The van der Waals surface area contributed by atoms with E-state index in [9.17, 15) is 23.1 Å². The largest absolute Gasteiger partial charge is 0.505 e. The average Bonchev–Trinajstić information content (AvgIpc) is 2.79. The molecule has 0 aromatic heterocycles. The second-order valence-corrected chi connectivity index (χ2v) is 8.25. The summed E-state index contributed by atoms with van der Waals surface area (Å²) in [7, 11) is -2.69. The van der Waals surface area contributed by atoms with Crippen molar-refractivity contribution in [3.63, 3.8) is 0 Å². The van der Waals surface area contributed by atoms with Crippen molar-refractivity contribution in [3.05, 3.63) is 89.5 Å². The molecule has 9 heteroatoms. The number of methoxy groups -OCH3 is 1. The number of phenols is 1. The highest BCUT2D eigenvalue weighted by Crippen LogP contribution is 2.28. The van der Waals surface area contributed by atoms with Crippen LogP contribution in [0.5, 0.6) is 5.75 Å². The van der Waals surface area contributed by atoms with E-state index in [-0.39, 0.29) is 28.3 Å². The van der Waals surface area contributed by atoms with Gasteiger partial charge in [0.1, 0.15) is 5.56 Å². The molecule has 3 rings (SSSR count). The number of carbonyl (C=O) groups is 2. The molecule has 0 fully saturated rings. The molecule has 31 heavy (non-hydrogen) atoms. The standard InChI is InChI=1S/C22H20N2O6S/c1-30-22(27)18-11-6-12-19(20(18)25)24-21(26)16-9-5-10-17(13-16)31(28,29)23-14-15-7-3-2-4-8-15/h2-13,23,25H,14H2,1H3,(H,24,26). The van der Waals surface area contributed by atoms with Gasteiger partial charge in [0.2, 0.25) is 10.0 Å². The lowest BCUT2D eigenvalue weighted by molar-refractivity contribution is 0.0597. The fraction of sp³-hybridized carbons (Fsp3) is 0.0909. The van der Waals surface area contributed by atoms with Crippen LogP contribution in [0, 0.1) is 0 Å². The normalized spacial score (nSPS) is 11.0. The molecule has 0 aliphatic heterocycles. The monoisotopic (exact) mass is 440 g/mol. The fourth-order valence-electron chi connectivity index (χ4n) is 2.78. The first kappa shape index (κ1) is 22.0. The minimum Gasteiger partial charge on any atom is -0.505 e. The maximum Gasteiger partial charge on any atom is 0.341 e. The number of benzene rings is 3. The van der Waals surface area contributed by atoms with Crippen LogP contribution >= 0.6 is 0 Å². The Labute approximate surface area is 179 Å². The van der Waals surface area contributed by atoms with Crippen molar-refractivity contribution in [1.29, 1.82) is 0 Å². The van der Waals surface area contributed by atoms with Gasteiger partial charge in [-0.1, -0.05) is 42.5 Å². The topological polar surface area (TPSA) is 122 Å². The summed E-state index contributed by atoms with van der Waals surface area (Å²) in [6.07, 6.45) is 0. The lowest BCUT2D eigenvalue weighted by Crippen LogP contribution is -2.23. The lowest BCUT2D eigenvalue weighted by Gasteiger charge is -2.11. The number of amides is 1. The zero-order valence-corrected chi connectivity index (χ0v) is 17.3. The van der Waals surface area contributed by atoms with Crippen LogP contribution in [0.2, 0.25) is 0 Å². The Bertz CT molecular complexity index is 1210. The van der Waals surface area contributed by atoms with Gasteiger partial charge in [0, 0.05) is 12.1 Å². The molecule has 1 amide bonds. The van der Waals surface area contributed by atoms with Gasteiger partial charge < -0.3 is 15.2 Å². The molecule has 0 saturated carbocycles. The van der Waals surface area contributed by atoms with Gasteiger partial charge in [0.05, 0.1) is 17.7 Å². The first-order chi connectivity index (χ1) is 14.8.